The molecular formula is C35H28Cl10N12O13. The summed E-state index contributed by atoms with van der Waals surface area (Å²) < 4.78 is 0. The molecule has 6 rings (SSSR count). The highest BCUT2D eigenvalue weighted by atomic mass is 35.5. The number of carbonyl (C=O) groups is 2. The van der Waals surface area contributed by atoms with Crippen LogP contribution in [0.4, 0.5) is 28.6 Å². The number of nitriles is 1. The second-order valence-corrected chi connectivity index (χ2v) is 14.6. The van der Waals surface area contributed by atoms with Gasteiger partial charge in [-0.1, -0.05) is 116 Å². The average molecular weight is 1180 g/mol. The van der Waals surface area contributed by atoms with E-state index in [0.29, 0.717) is 38.6 Å². The van der Waals surface area contributed by atoms with Gasteiger partial charge in [0.25, 0.3) is 22.7 Å². The molecule has 25 nitrogen and oxygen atoms in total. The lowest BCUT2D eigenvalue weighted by atomic mass is 10.2. The molecule has 0 unspecified atom stereocenters. The van der Waals surface area contributed by atoms with E-state index < -0.39 is 19.7 Å². The number of fused-ring (bicyclic) bond motifs is 1. The largest absolute Gasteiger partial charge is 0.412 e. The summed E-state index contributed by atoms with van der Waals surface area (Å²) in [5, 5.41) is 75.3. The highest BCUT2D eigenvalue weighted by Crippen LogP contribution is 2.35. The van der Waals surface area contributed by atoms with Gasteiger partial charge in [0, 0.05) is 29.8 Å². The number of aldehydes is 2. The number of nitrogen functional groups attached to an aromatic ring is 1. The molecule has 0 spiro atoms. The van der Waals surface area contributed by atoms with Gasteiger partial charge in [0.1, 0.15) is 26.7 Å². The van der Waals surface area contributed by atoms with E-state index in [4.69, 9.17) is 126 Å². The zero-order chi connectivity index (χ0) is 52.6. The van der Waals surface area contributed by atoms with E-state index in [2.05, 4.69) is 32.9 Å². The summed E-state index contributed by atoms with van der Waals surface area (Å²) >= 11 is 50.6. The first-order chi connectivity index (χ1) is 32.1. The molecule has 1 aromatic heterocycles. The number of hydrogen-bond donors (Lipinski definition) is 7. The Hall–Kier alpha value is -6.03. The van der Waals surface area contributed by atoms with Gasteiger partial charge in [0.05, 0.1) is 78.1 Å². The summed E-state index contributed by atoms with van der Waals surface area (Å²) in [6.45, 7) is 0. The van der Waals surface area contributed by atoms with Crippen molar-refractivity contribution in [1.82, 2.24) is 10.2 Å². The highest BCUT2D eigenvalue weighted by Gasteiger charge is 2.21. The number of nitro benzene ring substituents is 4. The quantitative estimate of drug-likeness (QED) is 0.0195. The molecule has 0 saturated heterocycles. The van der Waals surface area contributed by atoms with Crippen LogP contribution in [0.1, 0.15) is 31.8 Å². The van der Waals surface area contributed by atoms with Gasteiger partial charge >= 0.3 is 0 Å². The second-order valence-electron chi connectivity index (χ2n) is 11.0. The third-order valence-electron chi connectivity index (χ3n) is 7.28. The van der Waals surface area contributed by atoms with E-state index >= 15 is 0 Å². The predicted octanol–water partition coefficient (Wildman–Crippen LogP) is 10.5. The summed E-state index contributed by atoms with van der Waals surface area (Å²) in [6, 6.07) is 16.7. The lowest BCUT2D eigenvalue weighted by Crippen LogP contribution is -2.02. The van der Waals surface area contributed by atoms with Gasteiger partial charge in [-0.25, -0.2) is 5.90 Å². The number of carbonyl (C=O) groups excluding carboxylic acids is 2. The number of non-ortho nitro benzene ring substituents is 1. The first-order valence-electron chi connectivity index (χ1n) is 16.5. The molecule has 0 aliphatic rings. The highest BCUT2D eigenvalue weighted by molar-refractivity contribution is 6.41. The van der Waals surface area contributed by atoms with Crippen LogP contribution in [0.15, 0.2) is 71.9 Å². The van der Waals surface area contributed by atoms with E-state index in [-0.39, 0.29) is 98.8 Å². The van der Waals surface area contributed by atoms with E-state index in [1.165, 1.54) is 36.4 Å². The van der Waals surface area contributed by atoms with E-state index in [0.717, 1.165) is 18.3 Å². The van der Waals surface area contributed by atoms with Crippen molar-refractivity contribution in [1.29, 1.82) is 5.26 Å². The monoisotopic (exact) mass is 1170 g/mol. The van der Waals surface area contributed by atoms with Crippen LogP contribution in [-0.2, 0) is 0 Å². The van der Waals surface area contributed by atoms with Crippen LogP contribution in [0.5, 0.6) is 0 Å². The number of aromatic amines is 1. The maximum atomic E-state index is 10.6. The third-order valence-corrected chi connectivity index (χ3v) is 10.4. The van der Waals surface area contributed by atoms with E-state index in [1.54, 1.807) is 24.3 Å². The molecule has 70 heavy (non-hydrogen) atoms. The molecule has 0 aliphatic carbocycles. The number of nitrogens with one attached hydrogen (secondary N) is 1. The van der Waals surface area contributed by atoms with Crippen LogP contribution in [0.3, 0.4) is 0 Å². The van der Waals surface area contributed by atoms with Crippen molar-refractivity contribution in [2.45, 2.75) is 0 Å². The lowest BCUT2D eigenvalue weighted by molar-refractivity contribution is -0.384. The van der Waals surface area contributed by atoms with Gasteiger partial charge in [-0.2, -0.15) is 10.4 Å². The molecule has 1 heterocycles. The standard InChI is InChI=1S/C7H4Cl2N2O3.C7H2Cl2N2O2.C7H3Cl2NO3.C7H4Cl2O.C7H5ClN4O2.ClH.H4N2.H3NO.H2O/c8-5-1-2-6(11(13)14)7(9)4(5)3-10-12;8-5-1-2-6(11(12)13)7(9)4(5)3-10;8-5-1-2-6(10(12)13)7(9)4(5)3-11;8-6-2-1-3-7(9)5(6)4-10;8-3-1-2-4(12(13)14)6-5(3)7(9)11-10-6;;2*1-2;/h1-3,12H;1-2H;1-3H;1-4H;1-2H,(H3,9,10,11);1H;1-2H2;2H,1H2;1H2. The maximum Gasteiger partial charge on any atom is 0.295 e. The smallest absolute Gasteiger partial charge is 0.295 e. The first-order valence-corrected chi connectivity index (χ1v) is 19.9. The fourth-order valence-corrected chi connectivity index (χ4v) is 6.68. The molecule has 0 bridgehead atoms. The van der Waals surface area contributed by atoms with Crippen LogP contribution >= 0.6 is 117 Å². The Balaban J connectivity index is -0.000000784. The molecule has 5 aromatic carbocycles. The van der Waals surface area contributed by atoms with E-state index in [9.17, 15) is 50.0 Å². The van der Waals surface area contributed by atoms with Crippen LogP contribution < -0.4 is 23.3 Å². The SMILES string of the molecule is Cl.N#Cc1c(Cl)ccc([N+](=O)[O-])c1Cl.NN.NO.Nc1n[nH]c2c([N+](=O)[O-])ccc(Cl)c12.O.O=Cc1c(Cl)ccc([N+](=O)[O-])c1Cl.O=Cc1c(Cl)cccc1Cl.O=[N+]([O-])c1ccc(Cl)c(C=NO)c1Cl. The Morgan fingerprint density at radius 2 is 0.957 bits per heavy atom. The van der Waals surface area contributed by atoms with E-state index in [1.807, 2.05) is 0 Å². The van der Waals surface area contributed by atoms with Crippen molar-refractivity contribution in [2.75, 3.05) is 5.73 Å². The molecule has 35 heteroatoms. The van der Waals surface area contributed by atoms with Gasteiger partial charge in [-0.05, 0) is 36.4 Å². The first kappa shape index (κ1) is 68.2. The van der Waals surface area contributed by atoms with Crippen molar-refractivity contribution in [2.24, 2.45) is 22.7 Å². The van der Waals surface area contributed by atoms with Gasteiger partial charge in [0.15, 0.2) is 18.4 Å². The number of anilines is 1. The molecular weight excluding hydrogens is 1150 g/mol. The molecule has 0 radical (unpaired) electrons. The fourth-order valence-electron chi connectivity index (χ4n) is 4.34. The van der Waals surface area contributed by atoms with Crippen LogP contribution in [-0.4, -0.2) is 64.6 Å². The Labute approximate surface area is 442 Å². The molecule has 0 atom stereocenters. The van der Waals surface area contributed by atoms with Crippen molar-refractivity contribution in [3.63, 3.8) is 0 Å². The summed E-state index contributed by atoms with van der Waals surface area (Å²) in [5.74, 6) is 11.7. The molecule has 6 aromatic rings. The number of aromatic nitrogens is 2. The number of oxime groups is 1. The van der Waals surface area contributed by atoms with Crippen molar-refractivity contribution < 1.29 is 45.2 Å². The minimum absolute atomic E-state index is 0. The number of benzene rings is 5. The Bertz CT molecular complexity index is 2860. The Kier molecular flexibility index (Phi) is 33.4. The predicted molar refractivity (Wildman–Crippen MR) is 268 cm³/mol. The summed E-state index contributed by atoms with van der Waals surface area (Å²) in [5.41, 5.74) is 5.07. The normalized spacial score (nSPS) is 9.31. The minimum Gasteiger partial charge on any atom is -0.412 e. The van der Waals surface area contributed by atoms with Gasteiger partial charge < -0.3 is 21.6 Å². The summed E-state index contributed by atoms with van der Waals surface area (Å²) in [6.07, 6.45) is 1.97. The number of nitrogens with two attached hydrogens (primary N) is 4. The summed E-state index contributed by atoms with van der Waals surface area (Å²) in [7, 11) is 0. The summed E-state index contributed by atoms with van der Waals surface area (Å²) in [4.78, 5) is 60.0. The maximum absolute atomic E-state index is 10.6. The number of rotatable bonds is 7. The molecule has 376 valence electrons. The number of halogens is 10. The number of hydrogen-bond acceptors (Lipinski definition) is 19. The topological polar surface area (TPSA) is 448 Å². The van der Waals surface area contributed by atoms with Crippen LogP contribution in [0.2, 0.25) is 45.2 Å². The third kappa shape index (κ3) is 19.0. The molecule has 0 fully saturated rings. The van der Waals surface area contributed by atoms with Gasteiger partial charge in [-0.3, -0.25) is 66.8 Å². The van der Waals surface area contributed by atoms with Crippen molar-refractivity contribution >= 4 is 175 Å². The van der Waals surface area contributed by atoms with Crippen LogP contribution in [0.25, 0.3) is 10.9 Å². The molecule has 0 amide bonds. The zero-order valence-corrected chi connectivity index (χ0v) is 41.4. The Morgan fingerprint density at radius 1 is 0.600 bits per heavy atom. The number of nitrogens with zero attached hydrogens (tertiary/aromatic N) is 7. The molecule has 0 aliphatic heterocycles. The lowest BCUT2D eigenvalue weighted by Gasteiger charge is -2.00. The number of H-pyrrole nitrogens is 1. The molecule has 0 saturated carbocycles. The Morgan fingerprint density at radius 3 is 1.34 bits per heavy atom. The fraction of sp³-hybridized carbons (Fsp3) is 0. The zero-order valence-electron chi connectivity index (χ0n) is 33.8. The minimum atomic E-state index is -0.675. The van der Waals surface area contributed by atoms with Crippen LogP contribution in [0, 0.1) is 51.8 Å². The number of hydrazine groups is 1. The van der Waals surface area contributed by atoms with Crippen molar-refractivity contribution in [3.8, 4) is 6.07 Å². The van der Waals surface area contributed by atoms with Crippen molar-refractivity contribution in [3.05, 3.63) is 175 Å². The van der Waals surface area contributed by atoms with Gasteiger partial charge in [-0.15, -0.1) is 12.4 Å². The number of nitro groups is 4. The second kappa shape index (κ2) is 34.3. The van der Waals surface area contributed by atoms with Gasteiger partial charge in [0.2, 0.25) is 0 Å². The molecule has 13 N–H and O–H groups in total. The average Bonchev–Trinajstić information content (AvgIpc) is 3.69.